The molecule has 1 aromatic heterocycles. The molecule has 0 bridgehead atoms. The molecule has 0 aliphatic carbocycles. The van der Waals surface area contributed by atoms with E-state index in [0.29, 0.717) is 19.1 Å². The number of hydrogen-bond acceptors (Lipinski definition) is 4. The zero-order valence-electron chi connectivity index (χ0n) is 15.2. The van der Waals surface area contributed by atoms with E-state index >= 15 is 0 Å². The van der Waals surface area contributed by atoms with E-state index in [4.69, 9.17) is 0 Å². The van der Waals surface area contributed by atoms with Crippen molar-refractivity contribution in [3.63, 3.8) is 0 Å². The molecule has 0 radical (unpaired) electrons. The molecular formula is C17H30IN5OS. The SMILES string of the molecule is CN=C(NCCNC(=O)C(C)C)NC1CCN(c2cccs2)CC1.I. The first-order valence-corrected chi connectivity index (χ1v) is 9.51. The minimum absolute atomic E-state index is 0. The zero-order valence-corrected chi connectivity index (χ0v) is 18.4. The lowest BCUT2D eigenvalue weighted by molar-refractivity contribution is -0.123. The molecule has 3 N–H and O–H groups in total. The smallest absolute Gasteiger partial charge is 0.222 e. The number of piperidine rings is 1. The number of rotatable bonds is 6. The first-order valence-electron chi connectivity index (χ1n) is 8.63. The van der Waals surface area contributed by atoms with E-state index in [0.717, 1.165) is 31.9 Å². The Morgan fingerprint density at radius 3 is 2.56 bits per heavy atom. The van der Waals surface area contributed by atoms with Crippen LogP contribution in [0.1, 0.15) is 26.7 Å². The van der Waals surface area contributed by atoms with Crippen molar-refractivity contribution in [1.82, 2.24) is 16.0 Å². The first kappa shape index (κ1) is 22.0. The Balaban J connectivity index is 0.00000312. The summed E-state index contributed by atoms with van der Waals surface area (Å²) in [6, 6.07) is 4.73. The number of nitrogens with zero attached hydrogens (tertiary/aromatic N) is 2. The maximum atomic E-state index is 11.5. The van der Waals surface area contributed by atoms with E-state index in [9.17, 15) is 4.79 Å². The molecule has 0 aromatic carbocycles. The molecule has 0 saturated carbocycles. The highest BCUT2D eigenvalue weighted by atomic mass is 127. The molecule has 1 amide bonds. The summed E-state index contributed by atoms with van der Waals surface area (Å²) >= 11 is 1.80. The highest BCUT2D eigenvalue weighted by Gasteiger charge is 2.20. The fourth-order valence-corrected chi connectivity index (χ4v) is 3.44. The van der Waals surface area contributed by atoms with Crippen LogP contribution in [0.5, 0.6) is 0 Å². The predicted octanol–water partition coefficient (Wildman–Crippen LogP) is 2.27. The number of amides is 1. The number of anilines is 1. The highest BCUT2D eigenvalue weighted by Crippen LogP contribution is 2.24. The number of aliphatic imine (C=N–C) groups is 1. The minimum atomic E-state index is 0. The molecule has 8 heteroatoms. The lowest BCUT2D eigenvalue weighted by atomic mass is 10.1. The van der Waals surface area contributed by atoms with Gasteiger partial charge < -0.3 is 20.9 Å². The number of carbonyl (C=O) groups excluding carboxylic acids is 1. The van der Waals surface area contributed by atoms with Crippen LogP contribution < -0.4 is 20.9 Å². The summed E-state index contributed by atoms with van der Waals surface area (Å²) in [6.07, 6.45) is 2.20. The number of halogens is 1. The van der Waals surface area contributed by atoms with Gasteiger partial charge in [-0.1, -0.05) is 13.8 Å². The number of nitrogens with one attached hydrogen (secondary N) is 3. The predicted molar refractivity (Wildman–Crippen MR) is 117 cm³/mol. The molecular weight excluding hydrogens is 449 g/mol. The summed E-state index contributed by atoms with van der Waals surface area (Å²) in [4.78, 5) is 18.2. The van der Waals surface area contributed by atoms with Gasteiger partial charge in [0.05, 0.1) is 5.00 Å². The van der Waals surface area contributed by atoms with E-state index in [1.807, 2.05) is 13.8 Å². The highest BCUT2D eigenvalue weighted by molar-refractivity contribution is 14.0. The van der Waals surface area contributed by atoms with Crippen molar-refractivity contribution in [3.05, 3.63) is 17.5 Å². The van der Waals surface area contributed by atoms with Crippen LogP contribution in [0.25, 0.3) is 0 Å². The van der Waals surface area contributed by atoms with Crippen LogP contribution in [0.4, 0.5) is 5.00 Å². The van der Waals surface area contributed by atoms with Crippen molar-refractivity contribution >= 4 is 52.2 Å². The Kier molecular flexibility index (Phi) is 10.2. The largest absolute Gasteiger partial charge is 0.363 e. The summed E-state index contributed by atoms with van der Waals surface area (Å²) in [5.41, 5.74) is 0. The standard InChI is InChI=1S/C17H29N5OS.HI/c1-13(2)16(23)19-8-9-20-17(18-3)21-14-6-10-22(11-7-14)15-5-4-12-24-15;/h4-5,12-14H,6-11H2,1-3H3,(H,19,23)(H2,18,20,21);1H. The van der Waals surface area contributed by atoms with E-state index in [2.05, 4.69) is 43.4 Å². The maximum Gasteiger partial charge on any atom is 0.222 e. The molecule has 0 unspecified atom stereocenters. The number of guanidine groups is 1. The van der Waals surface area contributed by atoms with Gasteiger partial charge in [0.1, 0.15) is 0 Å². The number of hydrogen-bond donors (Lipinski definition) is 3. The zero-order chi connectivity index (χ0) is 17.4. The average Bonchev–Trinajstić information content (AvgIpc) is 3.12. The van der Waals surface area contributed by atoms with Crippen LogP contribution in [0.15, 0.2) is 22.5 Å². The van der Waals surface area contributed by atoms with Gasteiger partial charge in [0, 0.05) is 45.2 Å². The van der Waals surface area contributed by atoms with Crippen molar-refractivity contribution in [2.45, 2.75) is 32.7 Å². The number of carbonyl (C=O) groups is 1. The van der Waals surface area contributed by atoms with Gasteiger partial charge in [-0.15, -0.1) is 35.3 Å². The topological polar surface area (TPSA) is 68.8 Å². The summed E-state index contributed by atoms with van der Waals surface area (Å²) < 4.78 is 0. The van der Waals surface area contributed by atoms with Gasteiger partial charge in [-0.25, -0.2) is 0 Å². The van der Waals surface area contributed by atoms with Gasteiger partial charge in [0.2, 0.25) is 5.91 Å². The van der Waals surface area contributed by atoms with E-state index in [1.165, 1.54) is 5.00 Å². The van der Waals surface area contributed by atoms with Crippen molar-refractivity contribution in [2.75, 3.05) is 38.1 Å². The molecule has 1 fully saturated rings. The van der Waals surface area contributed by atoms with Crippen LogP contribution in [0.3, 0.4) is 0 Å². The van der Waals surface area contributed by atoms with Gasteiger partial charge >= 0.3 is 0 Å². The third-order valence-corrected chi connectivity index (χ3v) is 5.05. The molecule has 0 spiro atoms. The fraction of sp³-hybridized carbons (Fsp3) is 0.647. The van der Waals surface area contributed by atoms with Crippen LogP contribution in [-0.2, 0) is 4.79 Å². The monoisotopic (exact) mass is 479 g/mol. The van der Waals surface area contributed by atoms with Crippen molar-refractivity contribution in [3.8, 4) is 0 Å². The number of thiophene rings is 1. The van der Waals surface area contributed by atoms with Gasteiger partial charge in [-0.3, -0.25) is 9.79 Å². The third kappa shape index (κ3) is 7.39. The van der Waals surface area contributed by atoms with Gasteiger partial charge in [-0.05, 0) is 30.4 Å². The summed E-state index contributed by atoms with van der Waals surface area (Å²) in [7, 11) is 1.78. The van der Waals surface area contributed by atoms with Gasteiger partial charge in [-0.2, -0.15) is 0 Å². The second-order valence-electron chi connectivity index (χ2n) is 6.30. The molecule has 6 nitrogen and oxygen atoms in total. The molecule has 1 aromatic rings. The van der Waals surface area contributed by atoms with Crippen molar-refractivity contribution < 1.29 is 4.79 Å². The molecule has 2 heterocycles. The van der Waals surface area contributed by atoms with E-state index < -0.39 is 0 Å². The van der Waals surface area contributed by atoms with Crippen LogP contribution in [0.2, 0.25) is 0 Å². The Hall–Kier alpha value is -1.03. The molecule has 1 aliphatic rings. The lowest BCUT2D eigenvalue weighted by Gasteiger charge is -2.33. The van der Waals surface area contributed by atoms with Crippen LogP contribution in [0, 0.1) is 5.92 Å². The molecule has 25 heavy (non-hydrogen) atoms. The summed E-state index contributed by atoms with van der Waals surface area (Å²) in [5, 5.41) is 13.1. The second-order valence-corrected chi connectivity index (χ2v) is 7.23. The average molecular weight is 479 g/mol. The Morgan fingerprint density at radius 1 is 1.32 bits per heavy atom. The van der Waals surface area contributed by atoms with E-state index in [1.54, 1.807) is 18.4 Å². The summed E-state index contributed by atoms with van der Waals surface area (Å²) in [6.45, 7) is 7.21. The van der Waals surface area contributed by atoms with Crippen LogP contribution in [-0.4, -0.2) is 51.1 Å². The fourth-order valence-electron chi connectivity index (χ4n) is 2.65. The van der Waals surface area contributed by atoms with Gasteiger partial charge in [0.15, 0.2) is 5.96 Å². The minimum Gasteiger partial charge on any atom is -0.363 e. The Bertz CT molecular complexity index is 527. The van der Waals surface area contributed by atoms with Gasteiger partial charge in [0.25, 0.3) is 0 Å². The second kappa shape index (κ2) is 11.6. The molecule has 0 atom stereocenters. The molecule has 1 saturated heterocycles. The maximum absolute atomic E-state index is 11.5. The Labute approximate surface area is 171 Å². The first-order chi connectivity index (χ1) is 11.6. The lowest BCUT2D eigenvalue weighted by Crippen LogP contribution is -2.49. The van der Waals surface area contributed by atoms with Crippen molar-refractivity contribution in [1.29, 1.82) is 0 Å². The normalized spacial score (nSPS) is 15.7. The van der Waals surface area contributed by atoms with Crippen molar-refractivity contribution in [2.24, 2.45) is 10.9 Å². The molecule has 142 valence electrons. The summed E-state index contributed by atoms with van der Waals surface area (Å²) in [5.74, 6) is 0.917. The third-order valence-electron chi connectivity index (χ3n) is 4.12. The molecule has 2 rings (SSSR count). The van der Waals surface area contributed by atoms with E-state index in [-0.39, 0.29) is 35.8 Å². The Morgan fingerprint density at radius 2 is 2.00 bits per heavy atom. The quantitative estimate of drug-likeness (QED) is 0.254. The van der Waals surface area contributed by atoms with Crippen LogP contribution >= 0.6 is 35.3 Å². The molecule has 1 aliphatic heterocycles.